The summed E-state index contributed by atoms with van der Waals surface area (Å²) in [6, 6.07) is 2.66. The number of hydrogen-bond acceptors (Lipinski definition) is 4. The predicted octanol–water partition coefficient (Wildman–Crippen LogP) is 2.18. The lowest BCUT2D eigenvalue weighted by Crippen LogP contribution is -2.36. The van der Waals surface area contributed by atoms with Crippen LogP contribution in [0.1, 0.15) is 42.6 Å². The van der Waals surface area contributed by atoms with Gasteiger partial charge >= 0.3 is 5.97 Å². The fourth-order valence-electron chi connectivity index (χ4n) is 1.92. The zero-order valence-corrected chi connectivity index (χ0v) is 12.5. The molecule has 0 bridgehead atoms. The number of rotatable bonds is 6. The standard InChI is InChI=1S/C15H21FN2O3/c1-4-11(5-2)18-13(19)8-21-15(20)12-7-10(17)6-9(3)14(12)16/h6-7,11H,4-5,8,17H2,1-3H3,(H,18,19). The number of anilines is 1. The number of benzene rings is 1. The molecule has 0 heterocycles. The minimum atomic E-state index is -0.900. The molecule has 1 amide bonds. The summed E-state index contributed by atoms with van der Waals surface area (Å²) in [7, 11) is 0. The molecule has 0 spiro atoms. The second kappa shape index (κ2) is 7.61. The van der Waals surface area contributed by atoms with Crippen molar-refractivity contribution < 1.29 is 18.7 Å². The first-order chi connectivity index (χ1) is 9.88. The highest BCUT2D eigenvalue weighted by atomic mass is 19.1. The van der Waals surface area contributed by atoms with Crippen LogP contribution in [0.3, 0.4) is 0 Å². The van der Waals surface area contributed by atoms with Gasteiger partial charge in [-0.05, 0) is 37.5 Å². The van der Waals surface area contributed by atoms with Crippen LogP contribution < -0.4 is 11.1 Å². The number of aryl methyl sites for hydroxylation is 1. The molecule has 1 rings (SSSR count). The number of esters is 1. The summed E-state index contributed by atoms with van der Waals surface area (Å²) in [6.07, 6.45) is 1.58. The highest BCUT2D eigenvalue weighted by Crippen LogP contribution is 2.17. The molecule has 0 saturated carbocycles. The second-order valence-corrected chi connectivity index (χ2v) is 4.86. The average molecular weight is 296 g/mol. The minimum absolute atomic E-state index is 0.0440. The zero-order chi connectivity index (χ0) is 16.0. The predicted molar refractivity (Wildman–Crippen MR) is 78.3 cm³/mol. The number of amides is 1. The van der Waals surface area contributed by atoms with Gasteiger partial charge in [0.15, 0.2) is 6.61 Å². The lowest BCUT2D eigenvalue weighted by molar-refractivity contribution is -0.125. The van der Waals surface area contributed by atoms with E-state index in [1.165, 1.54) is 19.1 Å². The van der Waals surface area contributed by atoms with Crippen LogP contribution in [-0.4, -0.2) is 24.5 Å². The van der Waals surface area contributed by atoms with Gasteiger partial charge < -0.3 is 15.8 Å². The molecule has 3 N–H and O–H groups in total. The maximum Gasteiger partial charge on any atom is 0.341 e. The molecular formula is C15H21FN2O3. The molecule has 0 unspecified atom stereocenters. The van der Waals surface area contributed by atoms with E-state index in [0.717, 1.165) is 12.8 Å². The van der Waals surface area contributed by atoms with E-state index in [-0.39, 0.29) is 22.9 Å². The first-order valence-corrected chi connectivity index (χ1v) is 6.91. The SMILES string of the molecule is CCC(CC)NC(=O)COC(=O)c1cc(N)cc(C)c1F. The van der Waals surface area contributed by atoms with Crippen molar-refractivity contribution >= 4 is 17.6 Å². The van der Waals surface area contributed by atoms with E-state index in [0.29, 0.717) is 0 Å². The second-order valence-electron chi connectivity index (χ2n) is 4.86. The van der Waals surface area contributed by atoms with Gasteiger partial charge in [-0.25, -0.2) is 9.18 Å². The summed E-state index contributed by atoms with van der Waals surface area (Å²) in [5.74, 6) is -1.99. The molecule has 6 heteroatoms. The third-order valence-electron chi connectivity index (χ3n) is 3.18. The van der Waals surface area contributed by atoms with Crippen LogP contribution >= 0.6 is 0 Å². The van der Waals surface area contributed by atoms with Gasteiger partial charge in [-0.2, -0.15) is 0 Å². The van der Waals surface area contributed by atoms with E-state index < -0.39 is 24.3 Å². The molecule has 0 radical (unpaired) electrons. The maximum absolute atomic E-state index is 13.8. The van der Waals surface area contributed by atoms with E-state index in [1.807, 2.05) is 13.8 Å². The van der Waals surface area contributed by atoms with Gasteiger partial charge in [0.1, 0.15) is 5.82 Å². The Morgan fingerprint density at radius 1 is 1.33 bits per heavy atom. The smallest absolute Gasteiger partial charge is 0.341 e. The van der Waals surface area contributed by atoms with Gasteiger partial charge in [0.05, 0.1) is 5.56 Å². The van der Waals surface area contributed by atoms with Gasteiger partial charge in [0, 0.05) is 11.7 Å². The number of carbonyl (C=O) groups is 2. The Morgan fingerprint density at radius 3 is 2.52 bits per heavy atom. The van der Waals surface area contributed by atoms with Gasteiger partial charge in [-0.3, -0.25) is 4.79 Å². The largest absolute Gasteiger partial charge is 0.452 e. The molecule has 5 nitrogen and oxygen atoms in total. The van der Waals surface area contributed by atoms with E-state index in [1.54, 1.807) is 0 Å². The van der Waals surface area contributed by atoms with E-state index in [2.05, 4.69) is 5.32 Å². The van der Waals surface area contributed by atoms with Crippen LogP contribution in [0.4, 0.5) is 10.1 Å². The minimum Gasteiger partial charge on any atom is -0.452 e. The van der Waals surface area contributed by atoms with Crippen molar-refractivity contribution in [2.75, 3.05) is 12.3 Å². The molecule has 0 saturated heterocycles. The number of nitrogen functional groups attached to an aromatic ring is 1. The normalized spacial score (nSPS) is 10.5. The van der Waals surface area contributed by atoms with Crippen LogP contribution in [-0.2, 0) is 9.53 Å². The molecule has 0 fully saturated rings. The Morgan fingerprint density at radius 2 is 1.95 bits per heavy atom. The van der Waals surface area contributed by atoms with Gasteiger partial charge in [0.25, 0.3) is 5.91 Å². The van der Waals surface area contributed by atoms with Crippen LogP contribution in [0.5, 0.6) is 0 Å². The third-order valence-corrected chi connectivity index (χ3v) is 3.18. The Balaban J connectivity index is 2.64. The number of nitrogens with two attached hydrogens (primary N) is 1. The van der Waals surface area contributed by atoms with Crippen LogP contribution in [0.2, 0.25) is 0 Å². The van der Waals surface area contributed by atoms with E-state index in [4.69, 9.17) is 10.5 Å². The number of ether oxygens (including phenoxy) is 1. The average Bonchev–Trinajstić information content (AvgIpc) is 2.45. The Bertz CT molecular complexity index is 528. The van der Waals surface area contributed by atoms with Crippen LogP contribution in [0.15, 0.2) is 12.1 Å². The van der Waals surface area contributed by atoms with Crippen LogP contribution in [0.25, 0.3) is 0 Å². The summed E-state index contributed by atoms with van der Waals surface area (Å²) in [5.41, 5.74) is 5.83. The van der Waals surface area contributed by atoms with Crippen molar-refractivity contribution in [2.45, 2.75) is 39.7 Å². The zero-order valence-electron chi connectivity index (χ0n) is 12.5. The van der Waals surface area contributed by atoms with Crippen molar-refractivity contribution in [3.05, 3.63) is 29.1 Å². The quantitative estimate of drug-likeness (QED) is 0.622. The highest BCUT2D eigenvalue weighted by Gasteiger charge is 2.18. The fraction of sp³-hybridized carbons (Fsp3) is 0.467. The Labute approximate surface area is 123 Å². The highest BCUT2D eigenvalue weighted by molar-refractivity contribution is 5.92. The number of halogens is 1. The van der Waals surface area contributed by atoms with Crippen molar-refractivity contribution in [1.82, 2.24) is 5.32 Å². The topological polar surface area (TPSA) is 81.4 Å². The van der Waals surface area contributed by atoms with Gasteiger partial charge in [-0.1, -0.05) is 13.8 Å². The van der Waals surface area contributed by atoms with Crippen molar-refractivity contribution in [3.63, 3.8) is 0 Å². The van der Waals surface area contributed by atoms with Crippen LogP contribution in [0, 0.1) is 12.7 Å². The number of nitrogens with one attached hydrogen (secondary N) is 1. The van der Waals surface area contributed by atoms with E-state index in [9.17, 15) is 14.0 Å². The third kappa shape index (κ3) is 4.73. The molecule has 0 atom stereocenters. The van der Waals surface area contributed by atoms with Crippen molar-refractivity contribution in [2.24, 2.45) is 0 Å². The lowest BCUT2D eigenvalue weighted by atomic mass is 10.1. The fourth-order valence-corrected chi connectivity index (χ4v) is 1.92. The summed E-state index contributed by atoms with van der Waals surface area (Å²) in [4.78, 5) is 23.4. The summed E-state index contributed by atoms with van der Waals surface area (Å²) in [5, 5.41) is 2.73. The van der Waals surface area contributed by atoms with Gasteiger partial charge in [-0.15, -0.1) is 0 Å². The maximum atomic E-state index is 13.8. The molecule has 116 valence electrons. The van der Waals surface area contributed by atoms with E-state index >= 15 is 0 Å². The Kier molecular flexibility index (Phi) is 6.14. The summed E-state index contributed by atoms with van der Waals surface area (Å²) in [6.45, 7) is 4.96. The summed E-state index contributed by atoms with van der Waals surface area (Å²) >= 11 is 0. The van der Waals surface area contributed by atoms with Gasteiger partial charge in [0.2, 0.25) is 0 Å². The van der Waals surface area contributed by atoms with Crippen molar-refractivity contribution in [1.29, 1.82) is 0 Å². The lowest BCUT2D eigenvalue weighted by Gasteiger charge is -2.14. The molecule has 21 heavy (non-hydrogen) atoms. The molecule has 0 aliphatic carbocycles. The monoisotopic (exact) mass is 296 g/mol. The number of carbonyl (C=O) groups excluding carboxylic acids is 2. The first kappa shape index (κ1) is 16.9. The molecular weight excluding hydrogens is 275 g/mol. The Hall–Kier alpha value is -2.11. The first-order valence-electron chi connectivity index (χ1n) is 6.91. The summed E-state index contributed by atoms with van der Waals surface area (Å²) < 4.78 is 18.6. The molecule has 0 aliphatic rings. The molecule has 1 aromatic rings. The van der Waals surface area contributed by atoms with Crippen molar-refractivity contribution in [3.8, 4) is 0 Å². The number of hydrogen-bond donors (Lipinski definition) is 2. The molecule has 0 aliphatic heterocycles. The molecule has 1 aromatic carbocycles. The molecule has 0 aromatic heterocycles.